The van der Waals surface area contributed by atoms with Crippen LogP contribution in [0.15, 0.2) is 18.2 Å². The van der Waals surface area contributed by atoms with Gasteiger partial charge in [-0.15, -0.1) is 0 Å². The maximum atomic E-state index is 9.80. The summed E-state index contributed by atoms with van der Waals surface area (Å²) < 4.78 is 5.38. The van der Waals surface area contributed by atoms with Crippen molar-refractivity contribution in [2.75, 3.05) is 26.8 Å². The highest BCUT2D eigenvalue weighted by Gasteiger charge is 2.27. The van der Waals surface area contributed by atoms with Crippen molar-refractivity contribution in [2.45, 2.75) is 25.8 Å². The maximum absolute atomic E-state index is 9.80. The van der Waals surface area contributed by atoms with Gasteiger partial charge in [-0.2, -0.15) is 0 Å². The van der Waals surface area contributed by atoms with Crippen LogP contribution in [0.5, 0.6) is 5.75 Å². The van der Waals surface area contributed by atoms with Gasteiger partial charge >= 0.3 is 0 Å². The Hall–Kier alpha value is -1.06. The summed E-state index contributed by atoms with van der Waals surface area (Å²) in [6.45, 7) is 4.50. The van der Waals surface area contributed by atoms with Crippen LogP contribution in [0.25, 0.3) is 0 Å². The van der Waals surface area contributed by atoms with Gasteiger partial charge in [-0.25, -0.2) is 0 Å². The van der Waals surface area contributed by atoms with Crippen LogP contribution < -0.4 is 0 Å². The van der Waals surface area contributed by atoms with Crippen LogP contribution in [0.3, 0.4) is 0 Å². The first kappa shape index (κ1) is 12.4. The van der Waals surface area contributed by atoms with E-state index in [0.717, 1.165) is 38.2 Å². The van der Waals surface area contributed by atoms with Gasteiger partial charge in [0, 0.05) is 19.2 Å². The summed E-state index contributed by atoms with van der Waals surface area (Å²) in [6, 6.07) is 6.27. The maximum Gasteiger partial charge on any atom is 0.119 e. The molecular formula is C14H21NO2. The molecule has 1 aliphatic carbocycles. The van der Waals surface area contributed by atoms with E-state index in [0.29, 0.717) is 11.8 Å². The van der Waals surface area contributed by atoms with Gasteiger partial charge in [-0.3, -0.25) is 4.90 Å². The summed E-state index contributed by atoms with van der Waals surface area (Å²) in [7, 11) is 2.13. The minimum absolute atomic E-state index is 0.428. The van der Waals surface area contributed by atoms with E-state index in [1.165, 1.54) is 5.56 Å². The van der Waals surface area contributed by atoms with E-state index in [2.05, 4.69) is 18.0 Å². The predicted octanol–water partition coefficient (Wildman–Crippen LogP) is 2.35. The van der Waals surface area contributed by atoms with Gasteiger partial charge in [0.25, 0.3) is 0 Å². The number of ether oxygens (including phenoxy) is 1. The summed E-state index contributed by atoms with van der Waals surface area (Å²) in [5, 5.41) is 9.80. The highest BCUT2D eigenvalue weighted by molar-refractivity contribution is 5.44. The fourth-order valence-corrected chi connectivity index (χ4v) is 2.58. The molecule has 1 atom stereocenters. The monoisotopic (exact) mass is 235 g/mol. The first-order valence-electron chi connectivity index (χ1n) is 6.32. The lowest BCUT2D eigenvalue weighted by Crippen LogP contribution is -2.26. The van der Waals surface area contributed by atoms with Gasteiger partial charge in [-0.1, -0.05) is 12.1 Å². The number of fused-ring (bicyclic) bond motifs is 1. The van der Waals surface area contributed by atoms with Gasteiger partial charge < -0.3 is 9.84 Å². The summed E-state index contributed by atoms with van der Waals surface area (Å²) in [5.74, 6) is 0.447. The Morgan fingerprint density at radius 2 is 2.29 bits per heavy atom. The third kappa shape index (κ3) is 2.61. The van der Waals surface area contributed by atoms with E-state index >= 15 is 0 Å². The largest absolute Gasteiger partial charge is 0.508 e. The molecule has 1 N–H and O–H groups in total. The van der Waals surface area contributed by atoms with Crippen LogP contribution >= 0.6 is 0 Å². The molecule has 0 saturated carbocycles. The highest BCUT2D eigenvalue weighted by atomic mass is 16.5. The van der Waals surface area contributed by atoms with Crippen LogP contribution in [-0.2, 0) is 11.2 Å². The number of benzene rings is 1. The van der Waals surface area contributed by atoms with Crippen molar-refractivity contribution in [3.8, 4) is 5.75 Å². The zero-order chi connectivity index (χ0) is 12.3. The first-order chi connectivity index (χ1) is 8.24. The van der Waals surface area contributed by atoms with Crippen molar-refractivity contribution in [2.24, 2.45) is 0 Å². The second-order valence-corrected chi connectivity index (χ2v) is 4.58. The van der Waals surface area contributed by atoms with Crippen molar-refractivity contribution in [3.63, 3.8) is 0 Å². The molecule has 1 unspecified atom stereocenters. The fraction of sp³-hybridized carbons (Fsp3) is 0.571. The number of hydrogen-bond donors (Lipinski definition) is 1. The Bertz CT molecular complexity index is 378. The van der Waals surface area contributed by atoms with Crippen LogP contribution in [0.1, 0.15) is 30.5 Å². The Labute approximate surface area is 103 Å². The quantitative estimate of drug-likeness (QED) is 0.795. The Morgan fingerprint density at radius 1 is 1.47 bits per heavy atom. The number of phenols is 1. The van der Waals surface area contributed by atoms with Gasteiger partial charge in [0.1, 0.15) is 5.75 Å². The molecule has 0 amide bonds. The molecule has 0 aromatic heterocycles. The van der Waals surface area contributed by atoms with E-state index in [9.17, 15) is 5.11 Å². The van der Waals surface area contributed by atoms with Crippen LogP contribution in [0.2, 0.25) is 0 Å². The summed E-state index contributed by atoms with van der Waals surface area (Å²) in [5.41, 5.74) is 2.41. The summed E-state index contributed by atoms with van der Waals surface area (Å²) >= 11 is 0. The molecule has 0 saturated heterocycles. The van der Waals surface area contributed by atoms with Crippen molar-refractivity contribution >= 4 is 0 Å². The van der Waals surface area contributed by atoms with E-state index in [1.807, 2.05) is 13.0 Å². The Morgan fingerprint density at radius 3 is 3.06 bits per heavy atom. The lowest BCUT2D eigenvalue weighted by Gasteiger charge is -2.25. The second-order valence-electron chi connectivity index (χ2n) is 4.58. The van der Waals surface area contributed by atoms with Crippen molar-refractivity contribution < 1.29 is 9.84 Å². The van der Waals surface area contributed by atoms with Crippen LogP contribution in [0.4, 0.5) is 0 Å². The SMILES string of the molecule is CCOCCN(C)C1CCc2c(O)cccc21. The molecule has 1 aromatic rings. The number of phenolic OH excluding ortho intramolecular Hbond substituents is 1. The molecule has 0 heterocycles. The second kappa shape index (κ2) is 5.52. The molecular weight excluding hydrogens is 214 g/mol. The first-order valence-corrected chi connectivity index (χ1v) is 6.32. The zero-order valence-corrected chi connectivity index (χ0v) is 10.6. The van der Waals surface area contributed by atoms with E-state index in [4.69, 9.17) is 4.74 Å². The van der Waals surface area contributed by atoms with Crippen molar-refractivity contribution in [3.05, 3.63) is 29.3 Å². The normalized spacial score (nSPS) is 18.6. The molecule has 3 heteroatoms. The number of likely N-dealkylation sites (N-methyl/N-ethyl adjacent to an activating group) is 1. The molecule has 94 valence electrons. The third-order valence-corrected chi connectivity index (χ3v) is 3.54. The molecule has 1 aliphatic rings. The Balaban J connectivity index is 2.03. The molecule has 0 radical (unpaired) electrons. The van der Waals surface area contributed by atoms with Crippen LogP contribution in [-0.4, -0.2) is 36.8 Å². The van der Waals surface area contributed by atoms with Crippen molar-refractivity contribution in [1.82, 2.24) is 4.90 Å². The highest BCUT2D eigenvalue weighted by Crippen LogP contribution is 2.38. The molecule has 3 nitrogen and oxygen atoms in total. The molecule has 0 fully saturated rings. The number of rotatable bonds is 5. The van der Waals surface area contributed by atoms with E-state index in [1.54, 1.807) is 6.07 Å². The van der Waals surface area contributed by atoms with Crippen molar-refractivity contribution in [1.29, 1.82) is 0 Å². The van der Waals surface area contributed by atoms with Gasteiger partial charge in [0.2, 0.25) is 0 Å². The topological polar surface area (TPSA) is 32.7 Å². The van der Waals surface area contributed by atoms with Gasteiger partial charge in [0.15, 0.2) is 0 Å². The third-order valence-electron chi connectivity index (χ3n) is 3.54. The van der Waals surface area contributed by atoms with Crippen LogP contribution in [0, 0.1) is 0 Å². The molecule has 0 aliphatic heterocycles. The number of hydrogen-bond acceptors (Lipinski definition) is 3. The fourth-order valence-electron chi connectivity index (χ4n) is 2.58. The molecule has 1 aromatic carbocycles. The van der Waals surface area contributed by atoms with E-state index in [-0.39, 0.29) is 0 Å². The van der Waals surface area contributed by atoms with E-state index < -0.39 is 0 Å². The Kier molecular flexibility index (Phi) is 4.02. The summed E-state index contributed by atoms with van der Waals surface area (Å²) in [6.07, 6.45) is 2.07. The average Bonchev–Trinajstić information content (AvgIpc) is 2.74. The number of aromatic hydroxyl groups is 1. The molecule has 17 heavy (non-hydrogen) atoms. The van der Waals surface area contributed by atoms with Gasteiger partial charge in [-0.05, 0) is 44.0 Å². The lowest BCUT2D eigenvalue weighted by molar-refractivity contribution is 0.107. The standard InChI is InChI=1S/C14H21NO2/c1-3-17-10-9-15(2)13-8-7-12-11(13)5-4-6-14(12)16/h4-6,13,16H,3,7-10H2,1-2H3. The predicted molar refractivity (Wildman–Crippen MR) is 68.3 cm³/mol. The number of nitrogens with zero attached hydrogens (tertiary/aromatic N) is 1. The average molecular weight is 235 g/mol. The minimum atomic E-state index is 0.428. The zero-order valence-electron chi connectivity index (χ0n) is 10.6. The minimum Gasteiger partial charge on any atom is -0.508 e. The van der Waals surface area contributed by atoms with Gasteiger partial charge in [0.05, 0.1) is 6.61 Å². The molecule has 2 rings (SSSR count). The summed E-state index contributed by atoms with van der Waals surface area (Å²) in [4.78, 5) is 2.32. The molecule has 0 bridgehead atoms. The molecule has 0 spiro atoms. The lowest BCUT2D eigenvalue weighted by atomic mass is 10.1. The smallest absolute Gasteiger partial charge is 0.119 e.